The number of benzene rings is 4. The maximum atomic E-state index is 14.2. The van der Waals surface area contributed by atoms with Crippen LogP contribution in [0.3, 0.4) is 0 Å². The molecule has 0 bridgehead atoms. The van der Waals surface area contributed by atoms with E-state index >= 15 is 0 Å². The lowest BCUT2D eigenvalue weighted by molar-refractivity contribution is -0.384. The van der Waals surface area contributed by atoms with Crippen LogP contribution in [0.4, 0.5) is 20.6 Å². The molecule has 0 spiro atoms. The highest BCUT2D eigenvalue weighted by Crippen LogP contribution is 2.33. The first kappa shape index (κ1) is 24.3. The van der Waals surface area contributed by atoms with Crippen molar-refractivity contribution in [2.45, 2.75) is 6.61 Å². The smallest absolute Gasteiger partial charge is 0.335 e. The molecule has 1 aliphatic heterocycles. The Morgan fingerprint density at radius 3 is 2.50 bits per heavy atom. The molecule has 188 valence electrons. The first-order valence-corrected chi connectivity index (χ1v) is 11.4. The molecule has 0 aromatic heterocycles. The van der Waals surface area contributed by atoms with E-state index in [-0.39, 0.29) is 29.3 Å². The van der Waals surface area contributed by atoms with Gasteiger partial charge in [-0.05, 0) is 35.0 Å². The quantitative estimate of drug-likeness (QED) is 0.166. The van der Waals surface area contributed by atoms with E-state index < -0.39 is 28.6 Å². The third-order valence-corrected chi connectivity index (χ3v) is 5.96. The molecule has 0 atom stereocenters. The molecule has 0 saturated carbocycles. The summed E-state index contributed by atoms with van der Waals surface area (Å²) in [6.07, 6.45) is 1.30. The minimum absolute atomic E-state index is 0.0750. The molecular weight excluding hydrogens is 493 g/mol. The van der Waals surface area contributed by atoms with Gasteiger partial charge in [-0.15, -0.1) is 0 Å². The van der Waals surface area contributed by atoms with Gasteiger partial charge >= 0.3 is 6.03 Å². The lowest BCUT2D eigenvalue weighted by atomic mass is 9.99. The molecule has 38 heavy (non-hydrogen) atoms. The minimum Gasteiger partial charge on any atom is -0.488 e. The Balaban J connectivity index is 1.59. The number of amides is 4. The number of carbonyl (C=O) groups is 3. The van der Waals surface area contributed by atoms with E-state index in [0.717, 1.165) is 11.5 Å². The van der Waals surface area contributed by atoms with Gasteiger partial charge in [-0.1, -0.05) is 54.6 Å². The Kier molecular flexibility index (Phi) is 6.36. The Hall–Kier alpha value is -5.38. The summed E-state index contributed by atoms with van der Waals surface area (Å²) < 4.78 is 20.1. The third-order valence-electron chi connectivity index (χ3n) is 5.96. The van der Waals surface area contributed by atoms with Crippen molar-refractivity contribution in [3.63, 3.8) is 0 Å². The number of ether oxygens (including phenoxy) is 1. The monoisotopic (exact) mass is 511 g/mol. The molecular formula is C28H18FN3O6. The molecule has 4 aromatic rings. The largest absolute Gasteiger partial charge is 0.488 e. The molecule has 1 saturated heterocycles. The third kappa shape index (κ3) is 4.58. The van der Waals surface area contributed by atoms with E-state index in [2.05, 4.69) is 5.32 Å². The second kappa shape index (κ2) is 9.94. The van der Waals surface area contributed by atoms with Crippen LogP contribution in [0.5, 0.6) is 5.75 Å². The molecule has 0 unspecified atom stereocenters. The minimum atomic E-state index is -1.04. The zero-order chi connectivity index (χ0) is 26.8. The van der Waals surface area contributed by atoms with Gasteiger partial charge in [-0.3, -0.25) is 25.0 Å². The molecule has 0 aliphatic carbocycles. The molecule has 1 heterocycles. The van der Waals surface area contributed by atoms with Crippen LogP contribution in [-0.4, -0.2) is 22.8 Å². The zero-order valence-corrected chi connectivity index (χ0v) is 19.6. The molecule has 4 aromatic carbocycles. The normalized spacial score (nSPS) is 14.6. The van der Waals surface area contributed by atoms with Crippen LogP contribution in [0.1, 0.15) is 11.1 Å². The number of fused-ring (bicyclic) bond motifs is 1. The number of hydrogen-bond acceptors (Lipinski definition) is 6. The number of anilines is 1. The van der Waals surface area contributed by atoms with Crippen LogP contribution in [0, 0.1) is 15.9 Å². The van der Waals surface area contributed by atoms with Crippen molar-refractivity contribution in [3.05, 3.63) is 118 Å². The topological polar surface area (TPSA) is 119 Å². The number of urea groups is 1. The van der Waals surface area contributed by atoms with E-state index in [4.69, 9.17) is 4.74 Å². The van der Waals surface area contributed by atoms with E-state index in [1.807, 2.05) is 12.1 Å². The van der Waals surface area contributed by atoms with Crippen molar-refractivity contribution < 1.29 is 28.4 Å². The molecule has 1 N–H and O–H groups in total. The predicted molar refractivity (Wildman–Crippen MR) is 137 cm³/mol. The summed E-state index contributed by atoms with van der Waals surface area (Å²) in [5, 5.41) is 14.7. The van der Waals surface area contributed by atoms with Crippen LogP contribution in [0.25, 0.3) is 16.8 Å². The zero-order valence-electron chi connectivity index (χ0n) is 19.6. The van der Waals surface area contributed by atoms with Gasteiger partial charge in [0, 0.05) is 23.3 Å². The Morgan fingerprint density at radius 1 is 0.947 bits per heavy atom. The van der Waals surface area contributed by atoms with Gasteiger partial charge in [0.1, 0.15) is 23.7 Å². The second-order valence-corrected chi connectivity index (χ2v) is 8.31. The predicted octanol–water partition coefficient (Wildman–Crippen LogP) is 5.13. The fourth-order valence-corrected chi connectivity index (χ4v) is 4.10. The number of nitrogens with one attached hydrogen (secondary N) is 1. The summed E-state index contributed by atoms with van der Waals surface area (Å²) in [4.78, 5) is 50.0. The standard InChI is InChI=1S/C28H18FN3O6/c29-24-11-4-2-7-18(24)16-38-25-13-12-17-6-1-3-10-21(17)22(25)15-23-26(33)30-28(35)31(27(23)34)19-8-5-9-20(14-19)32(36)37/h1-15H,16H2,(H,30,33,35)/b23-15+. The second-order valence-electron chi connectivity index (χ2n) is 8.31. The Morgan fingerprint density at radius 2 is 1.71 bits per heavy atom. The fourth-order valence-electron chi connectivity index (χ4n) is 4.10. The van der Waals surface area contributed by atoms with Gasteiger partial charge in [-0.25, -0.2) is 14.1 Å². The van der Waals surface area contributed by atoms with Crippen molar-refractivity contribution in [3.8, 4) is 5.75 Å². The van der Waals surface area contributed by atoms with Gasteiger partial charge in [0.2, 0.25) is 0 Å². The van der Waals surface area contributed by atoms with Crippen molar-refractivity contribution >= 4 is 46.1 Å². The van der Waals surface area contributed by atoms with Crippen LogP contribution in [0.2, 0.25) is 0 Å². The fraction of sp³-hybridized carbons (Fsp3) is 0.0357. The molecule has 5 rings (SSSR count). The molecule has 9 nitrogen and oxygen atoms in total. The highest BCUT2D eigenvalue weighted by Gasteiger charge is 2.37. The van der Waals surface area contributed by atoms with E-state index in [0.29, 0.717) is 21.4 Å². The van der Waals surface area contributed by atoms with Gasteiger partial charge < -0.3 is 4.74 Å². The summed E-state index contributed by atoms with van der Waals surface area (Å²) in [6, 6.07) is 20.7. The first-order valence-electron chi connectivity index (χ1n) is 11.4. The van der Waals surface area contributed by atoms with Crippen molar-refractivity contribution in [2.24, 2.45) is 0 Å². The van der Waals surface area contributed by atoms with Crippen molar-refractivity contribution in [1.82, 2.24) is 5.32 Å². The lowest BCUT2D eigenvalue weighted by Crippen LogP contribution is -2.54. The average molecular weight is 511 g/mol. The molecule has 10 heteroatoms. The first-order chi connectivity index (χ1) is 18.3. The van der Waals surface area contributed by atoms with Crippen molar-refractivity contribution in [2.75, 3.05) is 4.90 Å². The lowest BCUT2D eigenvalue weighted by Gasteiger charge is -2.26. The van der Waals surface area contributed by atoms with Gasteiger partial charge in [0.25, 0.3) is 17.5 Å². The Labute approximate surface area is 214 Å². The van der Waals surface area contributed by atoms with E-state index in [1.54, 1.807) is 42.5 Å². The highest BCUT2D eigenvalue weighted by atomic mass is 19.1. The number of imide groups is 2. The van der Waals surface area contributed by atoms with Crippen LogP contribution in [-0.2, 0) is 16.2 Å². The number of rotatable bonds is 6. The molecule has 0 radical (unpaired) electrons. The van der Waals surface area contributed by atoms with E-state index in [1.165, 1.54) is 30.3 Å². The molecule has 1 aliphatic rings. The number of halogens is 1. The number of carbonyl (C=O) groups excluding carboxylic acids is 3. The summed E-state index contributed by atoms with van der Waals surface area (Å²) in [7, 11) is 0. The summed E-state index contributed by atoms with van der Waals surface area (Å²) in [5.74, 6) is -2.07. The molecule has 1 fully saturated rings. The maximum absolute atomic E-state index is 14.2. The number of barbiturate groups is 1. The average Bonchev–Trinajstić information content (AvgIpc) is 2.91. The van der Waals surface area contributed by atoms with Crippen LogP contribution in [0.15, 0.2) is 90.5 Å². The number of nitro benzene ring substituents is 1. The maximum Gasteiger partial charge on any atom is 0.335 e. The summed E-state index contributed by atoms with van der Waals surface area (Å²) >= 11 is 0. The van der Waals surface area contributed by atoms with Gasteiger partial charge in [-0.2, -0.15) is 0 Å². The van der Waals surface area contributed by atoms with Gasteiger partial charge in [0.05, 0.1) is 10.6 Å². The Bertz CT molecular complexity index is 1670. The number of nitro groups is 1. The number of nitrogens with zero attached hydrogens (tertiary/aromatic N) is 2. The highest BCUT2D eigenvalue weighted by molar-refractivity contribution is 6.39. The van der Waals surface area contributed by atoms with E-state index in [9.17, 15) is 28.9 Å². The summed E-state index contributed by atoms with van der Waals surface area (Å²) in [5.41, 5.74) is -0.111. The summed E-state index contributed by atoms with van der Waals surface area (Å²) in [6.45, 7) is -0.111. The SMILES string of the molecule is O=C1NC(=O)N(c2cccc([N+](=O)[O-])c2)C(=O)/C1=C/c1c(OCc2ccccc2F)ccc2ccccc12. The van der Waals surface area contributed by atoms with Crippen LogP contribution >= 0.6 is 0 Å². The van der Waals surface area contributed by atoms with Crippen LogP contribution < -0.4 is 15.0 Å². The van der Waals surface area contributed by atoms with Gasteiger partial charge in [0.15, 0.2) is 0 Å². The number of non-ortho nitro benzene ring substituents is 1. The van der Waals surface area contributed by atoms with Crippen molar-refractivity contribution in [1.29, 1.82) is 0 Å². The molecule has 4 amide bonds. The number of hydrogen-bond donors (Lipinski definition) is 1.